The minimum Gasteiger partial charge on any atom is -0.322 e. The Morgan fingerprint density at radius 1 is 0.905 bits per heavy atom. The Bertz CT molecular complexity index is 689. The third-order valence-corrected chi connectivity index (χ3v) is 3.83. The van der Waals surface area contributed by atoms with Gasteiger partial charge in [0.2, 0.25) is 0 Å². The van der Waals surface area contributed by atoms with E-state index in [2.05, 4.69) is 42.5 Å². The number of hydrogen-bond acceptors (Lipinski definition) is 2. The quantitative estimate of drug-likeness (QED) is 0.788. The molecule has 2 atom stereocenters. The Morgan fingerprint density at radius 3 is 2.19 bits per heavy atom. The maximum atomic E-state index is 6.36. The largest absolute Gasteiger partial charge is 0.322 e. The number of hydrogen-bond donors (Lipinski definition) is 1. The minimum atomic E-state index is -0.0743. The van der Waals surface area contributed by atoms with Crippen molar-refractivity contribution < 1.29 is 0 Å². The molecule has 3 heteroatoms. The second kappa shape index (κ2) is 5.94. The van der Waals surface area contributed by atoms with E-state index in [0.717, 1.165) is 11.1 Å². The zero-order valence-corrected chi connectivity index (χ0v) is 12.1. The van der Waals surface area contributed by atoms with Crippen LogP contribution in [0, 0.1) is 0 Å². The predicted molar refractivity (Wildman–Crippen MR) is 85.7 cm³/mol. The summed E-state index contributed by atoms with van der Waals surface area (Å²) in [6, 6.07) is 20.4. The molecular formula is C18H19N3. The summed E-state index contributed by atoms with van der Waals surface area (Å²) in [5.41, 5.74) is 9.77. The van der Waals surface area contributed by atoms with E-state index in [1.165, 1.54) is 5.56 Å². The van der Waals surface area contributed by atoms with Crippen LogP contribution >= 0.6 is 0 Å². The van der Waals surface area contributed by atoms with Crippen LogP contribution in [0.25, 0.3) is 11.1 Å². The van der Waals surface area contributed by atoms with Crippen LogP contribution in [-0.2, 0) is 0 Å². The van der Waals surface area contributed by atoms with E-state index in [1.54, 1.807) is 0 Å². The molecular weight excluding hydrogens is 258 g/mol. The fourth-order valence-electron chi connectivity index (χ4n) is 2.46. The van der Waals surface area contributed by atoms with E-state index in [9.17, 15) is 0 Å². The Balaban J connectivity index is 1.83. The molecule has 0 aliphatic heterocycles. The van der Waals surface area contributed by atoms with Gasteiger partial charge < -0.3 is 5.73 Å². The molecule has 106 valence electrons. The van der Waals surface area contributed by atoms with Gasteiger partial charge in [-0.3, -0.25) is 4.68 Å². The van der Waals surface area contributed by atoms with Gasteiger partial charge in [-0.05, 0) is 18.1 Å². The maximum absolute atomic E-state index is 6.36. The summed E-state index contributed by atoms with van der Waals surface area (Å²) in [4.78, 5) is 0. The van der Waals surface area contributed by atoms with E-state index in [1.807, 2.05) is 47.3 Å². The maximum Gasteiger partial charge on any atom is 0.0683 e. The number of aromatic nitrogens is 2. The fourth-order valence-corrected chi connectivity index (χ4v) is 2.46. The molecule has 3 aromatic rings. The van der Waals surface area contributed by atoms with Gasteiger partial charge in [-0.2, -0.15) is 5.10 Å². The molecule has 0 bridgehead atoms. The van der Waals surface area contributed by atoms with Crippen LogP contribution in [0.4, 0.5) is 0 Å². The molecule has 0 saturated carbocycles. The highest BCUT2D eigenvalue weighted by Crippen LogP contribution is 2.25. The van der Waals surface area contributed by atoms with Crippen LogP contribution in [0.3, 0.4) is 0 Å². The zero-order chi connectivity index (χ0) is 14.7. The van der Waals surface area contributed by atoms with Crippen LogP contribution in [0.5, 0.6) is 0 Å². The predicted octanol–water partition coefficient (Wildman–Crippen LogP) is 3.81. The van der Waals surface area contributed by atoms with Gasteiger partial charge in [0, 0.05) is 11.8 Å². The molecule has 3 rings (SSSR count). The van der Waals surface area contributed by atoms with Crippen LogP contribution < -0.4 is 5.73 Å². The lowest BCUT2D eigenvalue weighted by Gasteiger charge is -2.20. The molecule has 1 heterocycles. The van der Waals surface area contributed by atoms with Gasteiger partial charge in [0.15, 0.2) is 0 Å². The first kappa shape index (κ1) is 13.6. The lowest BCUT2D eigenvalue weighted by atomic mass is 10.0. The highest BCUT2D eigenvalue weighted by molar-refractivity contribution is 5.61. The number of nitrogens with zero attached hydrogens (tertiary/aromatic N) is 2. The Morgan fingerprint density at radius 2 is 1.52 bits per heavy atom. The molecule has 0 aliphatic carbocycles. The third kappa shape index (κ3) is 2.88. The lowest BCUT2D eigenvalue weighted by molar-refractivity contribution is 0.415. The summed E-state index contributed by atoms with van der Waals surface area (Å²) < 4.78 is 1.94. The first-order chi connectivity index (χ1) is 10.3. The zero-order valence-electron chi connectivity index (χ0n) is 12.1. The topological polar surface area (TPSA) is 43.8 Å². The molecule has 0 radical (unpaired) electrons. The molecule has 0 aliphatic rings. The molecule has 0 amide bonds. The average molecular weight is 277 g/mol. The van der Waals surface area contributed by atoms with Crippen molar-refractivity contribution in [2.75, 3.05) is 0 Å². The van der Waals surface area contributed by atoms with Crippen molar-refractivity contribution in [3.05, 3.63) is 78.6 Å². The van der Waals surface area contributed by atoms with E-state index in [0.29, 0.717) is 0 Å². The third-order valence-electron chi connectivity index (χ3n) is 3.83. The normalized spacial score (nSPS) is 13.8. The van der Waals surface area contributed by atoms with Crippen molar-refractivity contribution in [2.45, 2.75) is 19.0 Å². The summed E-state index contributed by atoms with van der Waals surface area (Å²) in [6.45, 7) is 2.10. The van der Waals surface area contributed by atoms with E-state index in [-0.39, 0.29) is 12.1 Å². The van der Waals surface area contributed by atoms with Crippen molar-refractivity contribution in [1.29, 1.82) is 0 Å². The Hall–Kier alpha value is -2.39. The van der Waals surface area contributed by atoms with Gasteiger partial charge >= 0.3 is 0 Å². The summed E-state index contributed by atoms with van der Waals surface area (Å²) in [6.07, 6.45) is 3.95. The SMILES string of the molecule is CC(C(N)c1ccccc1)n1cc(-c2ccccc2)cn1. The fraction of sp³-hybridized carbons (Fsp3) is 0.167. The van der Waals surface area contributed by atoms with Gasteiger partial charge in [-0.15, -0.1) is 0 Å². The summed E-state index contributed by atoms with van der Waals surface area (Å²) in [7, 11) is 0. The van der Waals surface area contributed by atoms with Crippen LogP contribution in [-0.4, -0.2) is 9.78 Å². The van der Waals surface area contributed by atoms with E-state index >= 15 is 0 Å². The molecule has 2 aromatic carbocycles. The number of nitrogens with two attached hydrogens (primary N) is 1. The molecule has 0 saturated heterocycles. The smallest absolute Gasteiger partial charge is 0.0683 e. The standard InChI is InChI=1S/C18H19N3/c1-14(18(19)16-10-6-3-7-11-16)21-13-17(12-20-21)15-8-4-2-5-9-15/h2-14,18H,19H2,1H3. The van der Waals surface area contributed by atoms with E-state index < -0.39 is 0 Å². The highest BCUT2D eigenvalue weighted by atomic mass is 15.3. The first-order valence-corrected chi connectivity index (χ1v) is 7.16. The highest BCUT2D eigenvalue weighted by Gasteiger charge is 2.17. The van der Waals surface area contributed by atoms with Crippen molar-refractivity contribution in [1.82, 2.24) is 9.78 Å². The molecule has 2 unspecified atom stereocenters. The molecule has 21 heavy (non-hydrogen) atoms. The van der Waals surface area contributed by atoms with Crippen molar-refractivity contribution >= 4 is 0 Å². The first-order valence-electron chi connectivity index (χ1n) is 7.16. The number of rotatable bonds is 4. The number of benzene rings is 2. The molecule has 0 spiro atoms. The lowest BCUT2D eigenvalue weighted by Crippen LogP contribution is -2.22. The second-order valence-electron chi connectivity index (χ2n) is 5.25. The Kier molecular flexibility index (Phi) is 3.84. The average Bonchev–Trinajstić information content (AvgIpc) is 3.05. The van der Waals surface area contributed by atoms with Crippen LogP contribution in [0.2, 0.25) is 0 Å². The van der Waals surface area contributed by atoms with Crippen molar-refractivity contribution in [3.8, 4) is 11.1 Å². The summed E-state index contributed by atoms with van der Waals surface area (Å²) in [5, 5.41) is 4.48. The summed E-state index contributed by atoms with van der Waals surface area (Å²) in [5.74, 6) is 0. The second-order valence-corrected chi connectivity index (χ2v) is 5.25. The summed E-state index contributed by atoms with van der Waals surface area (Å²) >= 11 is 0. The Labute approximate surface area is 125 Å². The van der Waals surface area contributed by atoms with Gasteiger partial charge in [0.1, 0.15) is 0 Å². The molecule has 3 nitrogen and oxygen atoms in total. The van der Waals surface area contributed by atoms with Gasteiger partial charge in [0.05, 0.1) is 18.3 Å². The monoisotopic (exact) mass is 277 g/mol. The molecule has 1 aromatic heterocycles. The molecule has 0 fully saturated rings. The van der Waals surface area contributed by atoms with Gasteiger partial charge in [-0.25, -0.2) is 0 Å². The minimum absolute atomic E-state index is 0.0743. The van der Waals surface area contributed by atoms with Gasteiger partial charge in [-0.1, -0.05) is 60.7 Å². The van der Waals surface area contributed by atoms with Crippen LogP contribution in [0.1, 0.15) is 24.6 Å². The van der Waals surface area contributed by atoms with Crippen molar-refractivity contribution in [2.24, 2.45) is 5.73 Å². The van der Waals surface area contributed by atoms with Crippen LogP contribution in [0.15, 0.2) is 73.1 Å². The van der Waals surface area contributed by atoms with Crippen molar-refractivity contribution in [3.63, 3.8) is 0 Å². The van der Waals surface area contributed by atoms with E-state index in [4.69, 9.17) is 5.73 Å². The van der Waals surface area contributed by atoms with Gasteiger partial charge in [0.25, 0.3) is 0 Å². The molecule has 2 N–H and O–H groups in total.